The van der Waals surface area contributed by atoms with Gasteiger partial charge in [-0.1, -0.05) is 12.1 Å². The average Bonchev–Trinajstić information content (AvgIpc) is 2.52. The highest BCUT2D eigenvalue weighted by molar-refractivity contribution is 5.84. The fourth-order valence-corrected chi connectivity index (χ4v) is 1.60. The van der Waals surface area contributed by atoms with Gasteiger partial charge in [0.25, 0.3) is 0 Å². The van der Waals surface area contributed by atoms with Crippen molar-refractivity contribution in [2.45, 2.75) is 13.8 Å². The van der Waals surface area contributed by atoms with E-state index in [0.29, 0.717) is 0 Å². The molecule has 0 unspecified atom stereocenters. The van der Waals surface area contributed by atoms with E-state index in [2.05, 4.69) is 0 Å². The summed E-state index contributed by atoms with van der Waals surface area (Å²) in [6.07, 6.45) is 3.23. The molecule has 0 spiro atoms. The summed E-state index contributed by atoms with van der Waals surface area (Å²) < 4.78 is 5.60. The fourth-order valence-electron chi connectivity index (χ4n) is 1.60. The first-order chi connectivity index (χ1) is 7.22. The quantitative estimate of drug-likeness (QED) is 0.655. The number of hydrogen-bond donors (Lipinski definition) is 0. The van der Waals surface area contributed by atoms with Crippen molar-refractivity contribution >= 4 is 17.0 Å². The van der Waals surface area contributed by atoms with Crippen LogP contribution in [-0.2, 0) is 0 Å². The largest absolute Gasteiger partial charge is 0.461 e. The summed E-state index contributed by atoms with van der Waals surface area (Å²) >= 11 is 0. The number of fused-ring (bicyclic) bond motifs is 1. The maximum Gasteiger partial charge on any atom is 0.135 e. The van der Waals surface area contributed by atoms with Crippen LogP contribution in [-0.4, -0.2) is 0 Å². The maximum absolute atomic E-state index is 8.43. The predicted molar refractivity (Wildman–Crippen MR) is 60.3 cm³/mol. The smallest absolute Gasteiger partial charge is 0.135 e. The number of furan rings is 1. The van der Waals surface area contributed by atoms with Crippen LogP contribution in [0.5, 0.6) is 0 Å². The van der Waals surface area contributed by atoms with Crippen molar-refractivity contribution in [3.8, 4) is 6.07 Å². The lowest BCUT2D eigenvalue weighted by molar-refractivity contribution is 0.575. The first kappa shape index (κ1) is 9.54. The molecule has 2 heteroatoms. The fraction of sp³-hybridized carbons (Fsp3) is 0.154. The van der Waals surface area contributed by atoms with Gasteiger partial charge in [-0.25, -0.2) is 0 Å². The normalized spacial score (nSPS) is 11.0. The third-order valence-electron chi connectivity index (χ3n) is 2.55. The molecule has 2 rings (SSSR count). The second-order valence-corrected chi connectivity index (χ2v) is 3.50. The predicted octanol–water partition coefficient (Wildman–Crippen LogP) is 3.59. The number of benzene rings is 1. The first-order valence-electron chi connectivity index (χ1n) is 4.78. The lowest BCUT2D eigenvalue weighted by Crippen LogP contribution is -1.73. The van der Waals surface area contributed by atoms with Crippen molar-refractivity contribution < 1.29 is 4.42 Å². The van der Waals surface area contributed by atoms with Crippen LogP contribution in [0, 0.1) is 25.2 Å². The van der Waals surface area contributed by atoms with Crippen LogP contribution in [0.15, 0.2) is 28.7 Å². The van der Waals surface area contributed by atoms with Crippen molar-refractivity contribution in [1.82, 2.24) is 0 Å². The van der Waals surface area contributed by atoms with E-state index in [1.165, 1.54) is 11.6 Å². The van der Waals surface area contributed by atoms with Gasteiger partial charge in [0.2, 0.25) is 0 Å². The molecule has 0 aliphatic heterocycles. The molecule has 0 fully saturated rings. The molecule has 0 bridgehead atoms. The van der Waals surface area contributed by atoms with Gasteiger partial charge in [0.1, 0.15) is 11.3 Å². The van der Waals surface area contributed by atoms with Crippen molar-refractivity contribution in [2.24, 2.45) is 0 Å². The Kier molecular flexibility index (Phi) is 2.31. The lowest BCUT2D eigenvalue weighted by atomic mass is 10.1. The second kappa shape index (κ2) is 3.62. The number of rotatable bonds is 1. The molecular formula is C13H11NO. The minimum atomic E-state index is 0.880. The van der Waals surface area contributed by atoms with E-state index >= 15 is 0 Å². The monoisotopic (exact) mass is 197 g/mol. The van der Waals surface area contributed by atoms with Gasteiger partial charge in [0.05, 0.1) is 6.07 Å². The molecule has 2 nitrogen and oxygen atoms in total. The van der Waals surface area contributed by atoms with Gasteiger partial charge in [0.15, 0.2) is 0 Å². The van der Waals surface area contributed by atoms with Crippen molar-refractivity contribution in [2.75, 3.05) is 0 Å². The van der Waals surface area contributed by atoms with E-state index < -0.39 is 0 Å². The highest BCUT2D eigenvalue weighted by Gasteiger charge is 2.05. The molecule has 0 atom stereocenters. The third kappa shape index (κ3) is 1.64. The van der Waals surface area contributed by atoms with E-state index in [0.717, 1.165) is 22.3 Å². The van der Waals surface area contributed by atoms with Gasteiger partial charge in [-0.2, -0.15) is 5.26 Å². The summed E-state index contributed by atoms with van der Waals surface area (Å²) in [5, 5.41) is 9.57. The van der Waals surface area contributed by atoms with E-state index in [1.54, 1.807) is 6.08 Å². The standard InChI is InChI=1S/C13H11NO/c1-9-10(2)15-13-8-11(4-3-7-14)5-6-12(9)13/h3-6,8H,1-2H3/b4-3+. The average molecular weight is 197 g/mol. The van der Waals surface area contributed by atoms with Crippen LogP contribution in [0.25, 0.3) is 17.0 Å². The van der Waals surface area contributed by atoms with Gasteiger partial charge < -0.3 is 4.42 Å². The number of hydrogen-bond acceptors (Lipinski definition) is 2. The third-order valence-corrected chi connectivity index (χ3v) is 2.55. The lowest BCUT2D eigenvalue weighted by Gasteiger charge is -1.92. The zero-order valence-corrected chi connectivity index (χ0v) is 8.74. The zero-order valence-electron chi connectivity index (χ0n) is 8.74. The number of aryl methyl sites for hydroxylation is 2. The summed E-state index contributed by atoms with van der Waals surface area (Å²) in [5.41, 5.74) is 3.05. The van der Waals surface area contributed by atoms with Crippen LogP contribution >= 0.6 is 0 Å². The summed E-state index contributed by atoms with van der Waals surface area (Å²) in [5.74, 6) is 0.950. The van der Waals surface area contributed by atoms with Crippen molar-refractivity contribution in [3.05, 3.63) is 41.2 Å². The Bertz CT molecular complexity index is 570. The molecular weight excluding hydrogens is 186 g/mol. The molecule has 1 aromatic carbocycles. The molecule has 15 heavy (non-hydrogen) atoms. The second-order valence-electron chi connectivity index (χ2n) is 3.50. The molecule has 0 radical (unpaired) electrons. The SMILES string of the molecule is Cc1oc2cc(/C=C/C#N)ccc2c1C. The van der Waals surface area contributed by atoms with E-state index in [-0.39, 0.29) is 0 Å². The Morgan fingerprint density at radius 1 is 1.33 bits per heavy atom. The highest BCUT2D eigenvalue weighted by atomic mass is 16.3. The number of nitriles is 1. The van der Waals surface area contributed by atoms with E-state index in [1.807, 2.05) is 38.1 Å². The molecule has 0 amide bonds. The Labute approximate surface area is 88.4 Å². The maximum atomic E-state index is 8.43. The molecule has 2 aromatic rings. The zero-order chi connectivity index (χ0) is 10.8. The van der Waals surface area contributed by atoms with E-state index in [9.17, 15) is 0 Å². The molecule has 0 saturated carbocycles. The van der Waals surface area contributed by atoms with Crippen molar-refractivity contribution in [3.63, 3.8) is 0 Å². The summed E-state index contributed by atoms with van der Waals surface area (Å²) in [6, 6.07) is 7.93. The molecule has 74 valence electrons. The number of nitrogens with zero attached hydrogens (tertiary/aromatic N) is 1. The van der Waals surface area contributed by atoms with Crippen LogP contribution in [0.1, 0.15) is 16.9 Å². The molecule has 0 saturated heterocycles. The number of allylic oxidation sites excluding steroid dienone is 1. The Morgan fingerprint density at radius 3 is 2.87 bits per heavy atom. The summed E-state index contributed by atoms with van der Waals surface area (Å²) in [4.78, 5) is 0. The first-order valence-corrected chi connectivity index (χ1v) is 4.78. The van der Waals surface area contributed by atoms with Gasteiger partial charge in [-0.05, 0) is 37.1 Å². The molecule has 1 heterocycles. The van der Waals surface area contributed by atoms with Gasteiger partial charge >= 0.3 is 0 Å². The van der Waals surface area contributed by atoms with Crippen molar-refractivity contribution in [1.29, 1.82) is 5.26 Å². The molecule has 0 aliphatic rings. The Balaban J connectivity index is 2.58. The minimum Gasteiger partial charge on any atom is -0.461 e. The Hall–Kier alpha value is -2.01. The topological polar surface area (TPSA) is 36.9 Å². The molecule has 1 aromatic heterocycles. The molecule has 0 N–H and O–H groups in total. The van der Waals surface area contributed by atoms with Crippen LogP contribution in [0.2, 0.25) is 0 Å². The van der Waals surface area contributed by atoms with E-state index in [4.69, 9.17) is 9.68 Å². The van der Waals surface area contributed by atoms with Gasteiger partial charge in [0, 0.05) is 11.5 Å². The minimum absolute atomic E-state index is 0.880. The Morgan fingerprint density at radius 2 is 2.13 bits per heavy atom. The van der Waals surface area contributed by atoms with Crippen LogP contribution in [0.3, 0.4) is 0 Å². The summed E-state index contributed by atoms with van der Waals surface area (Å²) in [7, 11) is 0. The van der Waals surface area contributed by atoms with Crippen LogP contribution < -0.4 is 0 Å². The van der Waals surface area contributed by atoms with Gasteiger partial charge in [-0.15, -0.1) is 0 Å². The summed E-state index contributed by atoms with van der Waals surface area (Å²) in [6.45, 7) is 4.01. The van der Waals surface area contributed by atoms with Crippen LogP contribution in [0.4, 0.5) is 0 Å². The highest BCUT2D eigenvalue weighted by Crippen LogP contribution is 2.25. The van der Waals surface area contributed by atoms with Gasteiger partial charge in [-0.3, -0.25) is 0 Å². The molecule has 0 aliphatic carbocycles.